The van der Waals surface area contributed by atoms with E-state index in [1.807, 2.05) is 0 Å². The summed E-state index contributed by atoms with van der Waals surface area (Å²) in [5, 5.41) is 22.8. The number of thioether (sulfide) groups is 4. The predicted octanol–water partition coefficient (Wildman–Crippen LogP) is 1.18. The van der Waals surface area contributed by atoms with Crippen molar-refractivity contribution in [3.8, 4) is 0 Å². The maximum absolute atomic E-state index is 12.9. The molecule has 0 radical (unpaired) electrons. The van der Waals surface area contributed by atoms with Gasteiger partial charge in [0.2, 0.25) is 18.6 Å². The third-order valence-corrected chi connectivity index (χ3v) is 10.6. The number of fused-ring (bicyclic) bond motifs is 2. The largest absolute Gasteiger partial charge is 0.543 e. The molecule has 0 bridgehead atoms. The van der Waals surface area contributed by atoms with Gasteiger partial charge in [0.05, 0.1) is 27.5 Å². The third kappa shape index (κ3) is 5.52. The number of halogens is 2. The monoisotopic (exact) mass is 615 g/mol. The average molecular weight is 617 g/mol. The molecule has 2 aliphatic rings. The predicted molar refractivity (Wildman–Crippen MR) is 140 cm³/mol. The first kappa shape index (κ1) is 26.4. The van der Waals surface area contributed by atoms with Gasteiger partial charge < -0.3 is 15.2 Å². The van der Waals surface area contributed by atoms with Gasteiger partial charge in [0.25, 0.3) is 11.1 Å². The van der Waals surface area contributed by atoms with Crippen molar-refractivity contribution >= 4 is 93.8 Å². The number of carboxylic acid groups (broad SMARTS) is 1. The summed E-state index contributed by atoms with van der Waals surface area (Å²) in [5.41, 5.74) is -0.159. The van der Waals surface area contributed by atoms with Crippen molar-refractivity contribution in [3.05, 3.63) is 51.5 Å². The van der Waals surface area contributed by atoms with E-state index < -0.39 is 23.3 Å². The van der Waals surface area contributed by atoms with Crippen LogP contribution in [0.25, 0.3) is 5.78 Å². The molecule has 5 rings (SSSR count). The van der Waals surface area contributed by atoms with Crippen molar-refractivity contribution in [2.45, 2.75) is 21.5 Å². The zero-order valence-electron chi connectivity index (χ0n) is 18.4. The summed E-state index contributed by atoms with van der Waals surface area (Å²) < 4.78 is 1.68. The number of H-pyrrole nitrogens is 1. The molecule has 2 aromatic heterocycles. The number of amides is 2. The van der Waals surface area contributed by atoms with Gasteiger partial charge in [-0.15, -0.1) is 45.3 Å². The Labute approximate surface area is 236 Å². The fourth-order valence-corrected chi connectivity index (χ4v) is 8.55. The van der Waals surface area contributed by atoms with Crippen LogP contribution < -0.4 is 14.8 Å². The van der Waals surface area contributed by atoms with Crippen LogP contribution in [0.5, 0.6) is 0 Å². The Morgan fingerprint density at radius 1 is 1.27 bits per heavy atom. The van der Waals surface area contributed by atoms with E-state index in [1.54, 1.807) is 28.9 Å². The SMILES string of the molecule is O=C(CSc1cc(Cl)ccc1Cl)NC1C(=O)N2C(C(=O)[O-])=C(SCSc3ncnc4[nH]nc[n+]34)CSC12. The van der Waals surface area contributed by atoms with Gasteiger partial charge in [-0.1, -0.05) is 35.0 Å². The maximum Gasteiger partial charge on any atom is 0.358 e. The lowest BCUT2D eigenvalue weighted by molar-refractivity contribution is -0.563. The van der Waals surface area contributed by atoms with E-state index in [-0.39, 0.29) is 17.4 Å². The molecule has 2 aliphatic heterocycles. The molecule has 3 aromatic rings. The van der Waals surface area contributed by atoms with Crippen LogP contribution in [0.15, 0.2) is 51.5 Å². The number of rotatable bonds is 9. The summed E-state index contributed by atoms with van der Waals surface area (Å²) in [6.45, 7) is 0. The van der Waals surface area contributed by atoms with Crippen molar-refractivity contribution in [2.24, 2.45) is 0 Å². The minimum Gasteiger partial charge on any atom is -0.543 e. The fraction of sp³-hybridized carbons (Fsp3) is 0.250. The molecule has 0 spiro atoms. The highest BCUT2D eigenvalue weighted by molar-refractivity contribution is 8.18. The van der Waals surface area contributed by atoms with Gasteiger partial charge in [0.15, 0.2) is 0 Å². The van der Waals surface area contributed by atoms with E-state index in [0.29, 0.717) is 41.6 Å². The average Bonchev–Trinajstić information content (AvgIpc) is 3.37. The molecule has 17 heteroatoms. The summed E-state index contributed by atoms with van der Waals surface area (Å²) in [7, 11) is 0. The van der Waals surface area contributed by atoms with Crippen molar-refractivity contribution in [2.75, 3.05) is 16.6 Å². The lowest BCUT2D eigenvalue weighted by Gasteiger charge is -2.50. The second kappa shape index (κ2) is 11.3. The van der Waals surface area contributed by atoms with Gasteiger partial charge in [-0.05, 0) is 23.3 Å². The van der Waals surface area contributed by atoms with Gasteiger partial charge in [0.1, 0.15) is 11.4 Å². The minimum absolute atomic E-state index is 0.0215. The lowest BCUT2D eigenvalue weighted by Crippen LogP contribution is -2.71. The van der Waals surface area contributed by atoms with Gasteiger partial charge in [-0.25, -0.2) is 0 Å². The van der Waals surface area contributed by atoms with Crippen molar-refractivity contribution in [3.63, 3.8) is 0 Å². The molecule has 0 saturated carbocycles. The Bertz CT molecular complexity index is 1440. The van der Waals surface area contributed by atoms with Crippen LogP contribution in [-0.2, 0) is 14.4 Å². The number of hydrogen-bond acceptors (Lipinski definition) is 11. The smallest absolute Gasteiger partial charge is 0.358 e. The van der Waals surface area contributed by atoms with Gasteiger partial charge in [-0.3, -0.25) is 14.5 Å². The molecule has 0 aliphatic carbocycles. The van der Waals surface area contributed by atoms with Crippen LogP contribution in [0.1, 0.15) is 0 Å². The number of benzene rings is 1. The number of nitrogens with one attached hydrogen (secondary N) is 2. The summed E-state index contributed by atoms with van der Waals surface area (Å²) >= 11 is 17.4. The quantitative estimate of drug-likeness (QED) is 0.155. The number of carbonyl (C=O) groups is 3. The molecule has 2 N–H and O–H groups in total. The van der Waals surface area contributed by atoms with E-state index in [4.69, 9.17) is 23.2 Å². The first-order valence-electron chi connectivity index (χ1n) is 10.4. The molecule has 37 heavy (non-hydrogen) atoms. The van der Waals surface area contributed by atoms with E-state index >= 15 is 0 Å². The molecule has 4 heterocycles. The summed E-state index contributed by atoms with van der Waals surface area (Å²) in [5.74, 6) is -1.39. The molecule has 2 unspecified atom stereocenters. The van der Waals surface area contributed by atoms with Crippen molar-refractivity contribution < 1.29 is 23.9 Å². The number of β-lactam (4-membered cyclic amide) rings is 1. The topological polar surface area (TPSA) is 148 Å². The van der Waals surface area contributed by atoms with E-state index in [2.05, 4.69) is 25.5 Å². The second-order valence-corrected chi connectivity index (χ2v) is 12.8. The van der Waals surface area contributed by atoms with Gasteiger partial charge in [0, 0.05) is 20.6 Å². The molecular weight excluding hydrogens is 601 g/mol. The van der Waals surface area contributed by atoms with Crippen LogP contribution >= 0.6 is 70.2 Å². The highest BCUT2D eigenvalue weighted by Gasteiger charge is 2.52. The summed E-state index contributed by atoms with van der Waals surface area (Å²) in [4.78, 5) is 48.0. The molecule has 192 valence electrons. The molecule has 2 amide bonds. The molecule has 1 aromatic carbocycles. The number of hydrogen-bond donors (Lipinski definition) is 2. The standard InChI is InChI=1S/C20H15Cl2N7O4S4/c21-9-1-2-10(22)11(3-9)34-5-13(30)26-14-16(31)29-15(18(32)33)12(4-35-17(14)29)36-8-37-20-24-6-23-19-27-25-7-28(19)20/h1-3,6-7,14,17H,4-5,8H2,(H2,26,30,32,33). The van der Waals surface area contributed by atoms with Crippen LogP contribution in [0, 0.1) is 0 Å². The fourth-order valence-electron chi connectivity index (χ4n) is 3.58. The highest BCUT2D eigenvalue weighted by atomic mass is 35.5. The summed E-state index contributed by atoms with van der Waals surface area (Å²) in [6.07, 6.45) is 2.95. The number of nitrogens with zero attached hydrogens (tertiary/aromatic N) is 5. The number of carboxylic acids is 1. The Morgan fingerprint density at radius 3 is 2.92 bits per heavy atom. The van der Waals surface area contributed by atoms with Crippen LogP contribution in [0.4, 0.5) is 0 Å². The van der Waals surface area contributed by atoms with Crippen LogP contribution in [0.3, 0.4) is 0 Å². The van der Waals surface area contributed by atoms with Crippen LogP contribution in [-0.4, -0.2) is 70.9 Å². The number of aromatic amines is 1. The zero-order chi connectivity index (χ0) is 26.1. The lowest BCUT2D eigenvalue weighted by atomic mass is 10.1. The first-order valence-corrected chi connectivity index (χ1v) is 15.2. The summed E-state index contributed by atoms with van der Waals surface area (Å²) in [6, 6.07) is 4.12. The Morgan fingerprint density at radius 2 is 2.11 bits per heavy atom. The number of carbonyl (C=O) groups excluding carboxylic acids is 3. The van der Waals surface area contributed by atoms with E-state index in [1.165, 1.54) is 58.3 Å². The van der Waals surface area contributed by atoms with E-state index in [9.17, 15) is 19.5 Å². The minimum atomic E-state index is -1.43. The molecule has 1 saturated heterocycles. The molecule has 11 nitrogen and oxygen atoms in total. The van der Waals surface area contributed by atoms with Crippen LogP contribution in [0.2, 0.25) is 10.0 Å². The molecule has 1 fully saturated rings. The number of aromatic nitrogens is 5. The Kier molecular flexibility index (Phi) is 8.07. The number of aliphatic carboxylic acids is 1. The van der Waals surface area contributed by atoms with E-state index in [0.717, 1.165) is 0 Å². The normalized spacial score (nSPS) is 19.1. The Hall–Kier alpha value is -2.17. The molecular formula is C20H15Cl2N7O4S4. The van der Waals surface area contributed by atoms with Gasteiger partial charge in [-0.2, -0.15) is 9.50 Å². The molecule has 2 atom stereocenters. The highest BCUT2D eigenvalue weighted by Crippen LogP contribution is 2.44. The first-order chi connectivity index (χ1) is 17.8. The van der Waals surface area contributed by atoms with Gasteiger partial charge >= 0.3 is 5.78 Å². The zero-order valence-corrected chi connectivity index (χ0v) is 23.2. The van der Waals surface area contributed by atoms with Crippen molar-refractivity contribution in [1.29, 1.82) is 0 Å². The Balaban J connectivity index is 1.20. The van der Waals surface area contributed by atoms with Crippen molar-refractivity contribution in [1.82, 2.24) is 30.4 Å². The third-order valence-electron chi connectivity index (χ3n) is 5.24. The maximum atomic E-state index is 12.9. The second-order valence-electron chi connectivity index (χ2n) is 7.49.